The molecule has 5 nitrogen and oxygen atoms in total. The average molecular weight is 424 g/mol. The summed E-state index contributed by atoms with van der Waals surface area (Å²) >= 11 is 0. The van der Waals surface area contributed by atoms with E-state index in [0.717, 1.165) is 38.5 Å². The fraction of sp³-hybridized carbons (Fsp3) is 1.00. The summed E-state index contributed by atoms with van der Waals surface area (Å²) in [5.74, 6) is 0. The van der Waals surface area contributed by atoms with Crippen molar-refractivity contribution in [2.45, 2.75) is 104 Å². The molecule has 1 unspecified atom stereocenters. The molecule has 0 aliphatic carbocycles. The largest absolute Gasteiger partial charge is 0.658 e. The number of rotatable bonds is 15. The van der Waals surface area contributed by atoms with Gasteiger partial charge in [-0.15, -0.1) is 0 Å². The first kappa shape index (κ1) is 26.5. The predicted molar refractivity (Wildman–Crippen MR) is 118 cm³/mol. The standard InChI is InChI=1S/C18H45NO4Si3/c1-10-12-17-20-26(22-24(4,5)6,23-25(7,8)9)21-18(3,14-11-2)15-13-16-19/h10-17,19H2,1-9H3. The second kappa shape index (κ2) is 11.5. The van der Waals surface area contributed by atoms with Crippen molar-refractivity contribution in [3.8, 4) is 0 Å². The SMILES string of the molecule is CCCCO[Si](OC(C)(CCC)CCCN)(O[Si](C)(C)C)O[Si](C)(C)C. The molecule has 0 aromatic carbocycles. The molecule has 0 bridgehead atoms. The van der Waals surface area contributed by atoms with E-state index in [1.165, 1.54) is 0 Å². The third-order valence-corrected chi connectivity index (χ3v) is 11.9. The molecular weight excluding hydrogens is 378 g/mol. The first-order valence-corrected chi connectivity index (χ1v) is 18.7. The second-order valence-corrected chi connectivity index (χ2v) is 20.9. The van der Waals surface area contributed by atoms with E-state index >= 15 is 0 Å². The van der Waals surface area contributed by atoms with Crippen molar-refractivity contribution in [1.29, 1.82) is 0 Å². The molecule has 8 heteroatoms. The fourth-order valence-electron chi connectivity index (χ4n) is 2.78. The second-order valence-electron chi connectivity index (χ2n) is 9.33. The summed E-state index contributed by atoms with van der Waals surface area (Å²) in [6, 6.07) is 0. The van der Waals surface area contributed by atoms with Gasteiger partial charge in [0.2, 0.25) is 0 Å². The van der Waals surface area contributed by atoms with Crippen LogP contribution < -0.4 is 5.73 Å². The van der Waals surface area contributed by atoms with Crippen LogP contribution in [-0.4, -0.2) is 44.4 Å². The maximum atomic E-state index is 6.75. The van der Waals surface area contributed by atoms with Gasteiger partial charge in [-0.05, 0) is 78.4 Å². The van der Waals surface area contributed by atoms with Crippen LogP contribution in [0.3, 0.4) is 0 Å². The number of hydrogen-bond acceptors (Lipinski definition) is 5. The Morgan fingerprint density at radius 3 is 1.73 bits per heavy atom. The number of hydrogen-bond donors (Lipinski definition) is 1. The predicted octanol–water partition coefficient (Wildman–Crippen LogP) is 5.26. The molecule has 0 aliphatic heterocycles. The van der Waals surface area contributed by atoms with Crippen LogP contribution in [0.25, 0.3) is 0 Å². The molecule has 26 heavy (non-hydrogen) atoms. The van der Waals surface area contributed by atoms with Crippen LogP contribution in [-0.2, 0) is 17.1 Å². The van der Waals surface area contributed by atoms with Crippen LogP contribution in [0.5, 0.6) is 0 Å². The highest BCUT2D eigenvalue weighted by molar-refractivity contribution is 6.83. The van der Waals surface area contributed by atoms with Gasteiger partial charge in [0.25, 0.3) is 0 Å². The summed E-state index contributed by atoms with van der Waals surface area (Å²) in [6.07, 6.45) is 5.87. The van der Waals surface area contributed by atoms with E-state index in [0.29, 0.717) is 13.2 Å². The smallest absolute Gasteiger partial charge is 0.395 e. The molecular formula is C18H45NO4Si3. The molecule has 0 amide bonds. The van der Waals surface area contributed by atoms with E-state index in [-0.39, 0.29) is 5.60 Å². The van der Waals surface area contributed by atoms with E-state index in [2.05, 4.69) is 60.1 Å². The summed E-state index contributed by atoms with van der Waals surface area (Å²) in [5.41, 5.74) is 5.45. The Bertz CT molecular complexity index is 370. The van der Waals surface area contributed by atoms with Gasteiger partial charge in [0.15, 0.2) is 16.6 Å². The van der Waals surface area contributed by atoms with Crippen LogP contribution in [0, 0.1) is 0 Å². The Morgan fingerprint density at radius 1 is 0.808 bits per heavy atom. The first-order valence-electron chi connectivity index (χ1n) is 10.2. The summed E-state index contributed by atoms with van der Waals surface area (Å²) in [5, 5.41) is 0. The first-order chi connectivity index (χ1) is 11.8. The van der Waals surface area contributed by atoms with Gasteiger partial charge in [0.05, 0.1) is 5.60 Å². The Kier molecular flexibility index (Phi) is 11.7. The van der Waals surface area contributed by atoms with Crippen molar-refractivity contribution in [3.63, 3.8) is 0 Å². The lowest BCUT2D eigenvalue weighted by atomic mass is 9.95. The maximum absolute atomic E-state index is 6.75. The molecule has 2 N–H and O–H groups in total. The molecule has 0 aliphatic rings. The van der Waals surface area contributed by atoms with Crippen LogP contribution in [0.1, 0.15) is 59.3 Å². The van der Waals surface area contributed by atoms with Crippen LogP contribution in [0.15, 0.2) is 0 Å². The summed E-state index contributed by atoms with van der Waals surface area (Å²) in [6.45, 7) is 20.8. The van der Waals surface area contributed by atoms with Crippen molar-refractivity contribution >= 4 is 25.7 Å². The van der Waals surface area contributed by atoms with Gasteiger partial charge in [-0.1, -0.05) is 26.7 Å². The molecule has 0 saturated carbocycles. The molecule has 0 fully saturated rings. The molecule has 1 atom stereocenters. The van der Waals surface area contributed by atoms with Crippen molar-refractivity contribution < 1.29 is 17.1 Å². The van der Waals surface area contributed by atoms with Crippen molar-refractivity contribution in [2.75, 3.05) is 13.2 Å². The van der Waals surface area contributed by atoms with Gasteiger partial charge in [0.1, 0.15) is 0 Å². The van der Waals surface area contributed by atoms with Gasteiger partial charge >= 0.3 is 9.05 Å². The quantitative estimate of drug-likeness (QED) is 0.288. The highest BCUT2D eigenvalue weighted by atomic mass is 28.5. The molecule has 0 heterocycles. The molecule has 0 radical (unpaired) electrons. The van der Waals surface area contributed by atoms with Gasteiger partial charge in [0, 0.05) is 6.61 Å². The monoisotopic (exact) mass is 423 g/mol. The van der Waals surface area contributed by atoms with Gasteiger partial charge in [-0.2, -0.15) is 0 Å². The lowest BCUT2D eigenvalue weighted by molar-refractivity contribution is -0.0526. The fourth-order valence-corrected chi connectivity index (χ4v) is 11.4. The molecule has 0 saturated heterocycles. The Balaban J connectivity index is 5.76. The minimum atomic E-state index is -3.24. The third-order valence-electron chi connectivity index (χ3n) is 3.70. The number of nitrogens with two attached hydrogens (primary N) is 1. The zero-order valence-corrected chi connectivity index (χ0v) is 21.9. The zero-order valence-electron chi connectivity index (χ0n) is 18.9. The van der Waals surface area contributed by atoms with E-state index in [9.17, 15) is 0 Å². The number of unbranched alkanes of at least 4 members (excludes halogenated alkanes) is 1. The molecule has 158 valence electrons. The molecule has 0 spiro atoms. The summed E-state index contributed by atoms with van der Waals surface area (Å²) < 4.78 is 26.3. The van der Waals surface area contributed by atoms with E-state index in [1.807, 2.05) is 0 Å². The Labute approximate surface area is 166 Å². The zero-order chi connectivity index (χ0) is 20.5. The van der Waals surface area contributed by atoms with Gasteiger partial charge < -0.3 is 22.8 Å². The molecule has 0 aromatic heterocycles. The minimum Gasteiger partial charge on any atom is -0.395 e. The van der Waals surface area contributed by atoms with Crippen molar-refractivity contribution in [3.05, 3.63) is 0 Å². The minimum absolute atomic E-state index is 0.328. The lowest BCUT2D eigenvalue weighted by Gasteiger charge is -2.43. The van der Waals surface area contributed by atoms with E-state index < -0.39 is 25.7 Å². The normalized spacial score (nSPS) is 15.9. The van der Waals surface area contributed by atoms with Crippen LogP contribution in [0.2, 0.25) is 39.3 Å². The Hall–Kier alpha value is 0.451. The third kappa shape index (κ3) is 12.0. The van der Waals surface area contributed by atoms with Gasteiger partial charge in [-0.3, -0.25) is 0 Å². The Morgan fingerprint density at radius 2 is 1.35 bits per heavy atom. The highest BCUT2D eigenvalue weighted by Gasteiger charge is 2.55. The molecule has 0 rings (SSSR count). The summed E-state index contributed by atoms with van der Waals surface area (Å²) in [7, 11) is -7.09. The summed E-state index contributed by atoms with van der Waals surface area (Å²) in [4.78, 5) is 0. The van der Waals surface area contributed by atoms with Crippen LogP contribution in [0.4, 0.5) is 0 Å². The average Bonchev–Trinajstić information content (AvgIpc) is 2.41. The van der Waals surface area contributed by atoms with Crippen molar-refractivity contribution in [2.24, 2.45) is 5.73 Å². The van der Waals surface area contributed by atoms with Crippen LogP contribution >= 0.6 is 0 Å². The van der Waals surface area contributed by atoms with E-state index in [1.54, 1.807) is 0 Å². The van der Waals surface area contributed by atoms with E-state index in [4.69, 9.17) is 22.8 Å². The topological polar surface area (TPSA) is 62.9 Å². The molecule has 0 aromatic rings. The lowest BCUT2D eigenvalue weighted by Crippen LogP contribution is -2.62. The highest BCUT2D eigenvalue weighted by Crippen LogP contribution is 2.33. The van der Waals surface area contributed by atoms with Crippen molar-refractivity contribution in [1.82, 2.24) is 0 Å². The maximum Gasteiger partial charge on any atom is 0.658 e. The van der Waals surface area contributed by atoms with Gasteiger partial charge in [-0.25, -0.2) is 0 Å².